The molecule has 0 atom stereocenters. The molecule has 1 heterocycles. The summed E-state index contributed by atoms with van der Waals surface area (Å²) < 4.78 is 12.6. The number of guanidine groups is 1. The molecule has 2 N–H and O–H groups in total. The molecule has 1 aromatic carbocycles. The number of anilines is 1. The lowest BCUT2D eigenvalue weighted by atomic mass is 10.2. The molecule has 0 radical (unpaired) electrons. The molecule has 0 unspecified atom stereocenters. The summed E-state index contributed by atoms with van der Waals surface area (Å²) in [7, 11) is 5.39. The van der Waals surface area contributed by atoms with Gasteiger partial charge in [-0.2, -0.15) is 5.10 Å². The van der Waals surface area contributed by atoms with E-state index in [4.69, 9.17) is 9.47 Å². The largest absolute Gasteiger partial charge is 0.493 e. The van der Waals surface area contributed by atoms with E-state index in [2.05, 4.69) is 20.7 Å². The van der Waals surface area contributed by atoms with Crippen molar-refractivity contribution in [3.63, 3.8) is 0 Å². The van der Waals surface area contributed by atoms with Crippen molar-refractivity contribution >= 4 is 11.6 Å². The van der Waals surface area contributed by atoms with Gasteiger partial charge in [-0.15, -0.1) is 0 Å². The number of benzene rings is 1. The fraction of sp³-hybridized carbons (Fsp3) is 0.474. The lowest BCUT2D eigenvalue weighted by Gasteiger charge is -2.13. The van der Waals surface area contributed by atoms with E-state index in [1.807, 2.05) is 48.4 Å². The van der Waals surface area contributed by atoms with Gasteiger partial charge in [-0.1, -0.05) is 6.07 Å². The summed E-state index contributed by atoms with van der Waals surface area (Å²) in [6.45, 7) is 2.17. The molecule has 0 spiro atoms. The van der Waals surface area contributed by atoms with Crippen LogP contribution in [0, 0.1) is 0 Å². The Morgan fingerprint density at radius 3 is 2.88 bits per heavy atom. The molecule has 0 amide bonds. The average Bonchev–Trinajstić information content (AvgIpc) is 3.07. The first-order valence-corrected chi connectivity index (χ1v) is 8.88. The molecule has 0 bridgehead atoms. The van der Waals surface area contributed by atoms with Crippen LogP contribution in [0.4, 0.5) is 5.69 Å². The topological polar surface area (TPSA) is 72.7 Å². The lowest BCUT2D eigenvalue weighted by Crippen LogP contribution is -2.31. The van der Waals surface area contributed by atoms with Crippen molar-refractivity contribution < 1.29 is 9.47 Å². The van der Waals surface area contributed by atoms with E-state index >= 15 is 0 Å². The molecule has 0 aliphatic heterocycles. The maximum absolute atomic E-state index is 5.73. The van der Waals surface area contributed by atoms with E-state index in [1.54, 1.807) is 14.2 Å². The number of rotatable bonds is 10. The first-order chi connectivity index (χ1) is 12.7. The van der Waals surface area contributed by atoms with Gasteiger partial charge < -0.3 is 20.1 Å². The Kier molecular flexibility index (Phi) is 8.48. The first kappa shape index (κ1) is 19.8. The molecular weight excluding hydrogens is 330 g/mol. The zero-order valence-corrected chi connectivity index (χ0v) is 15.9. The monoisotopic (exact) mass is 359 g/mol. The number of ether oxygens (including phenoxy) is 2. The van der Waals surface area contributed by atoms with E-state index < -0.39 is 0 Å². The fourth-order valence-electron chi connectivity index (χ4n) is 2.47. The predicted molar refractivity (Wildman–Crippen MR) is 105 cm³/mol. The van der Waals surface area contributed by atoms with Crippen LogP contribution in [0.15, 0.2) is 41.7 Å². The second kappa shape index (κ2) is 11.1. The Balaban J connectivity index is 1.74. The number of aromatic nitrogens is 2. The van der Waals surface area contributed by atoms with Gasteiger partial charge in [0.1, 0.15) is 5.75 Å². The Bertz CT molecular complexity index is 684. The van der Waals surface area contributed by atoms with E-state index in [9.17, 15) is 0 Å². The molecule has 0 aliphatic carbocycles. The van der Waals surface area contributed by atoms with Crippen molar-refractivity contribution in [2.75, 3.05) is 39.2 Å². The van der Waals surface area contributed by atoms with Crippen molar-refractivity contribution in [2.24, 2.45) is 12.0 Å². The van der Waals surface area contributed by atoms with Crippen molar-refractivity contribution in [2.45, 2.75) is 19.3 Å². The smallest absolute Gasteiger partial charge is 0.195 e. The van der Waals surface area contributed by atoms with Gasteiger partial charge in [-0.3, -0.25) is 9.67 Å². The minimum Gasteiger partial charge on any atom is -0.493 e. The molecule has 1 aromatic heterocycles. The summed E-state index contributed by atoms with van der Waals surface area (Å²) in [4.78, 5) is 4.27. The minimum absolute atomic E-state index is 0.638. The van der Waals surface area contributed by atoms with Gasteiger partial charge in [0.05, 0.1) is 12.8 Å². The van der Waals surface area contributed by atoms with Crippen LogP contribution in [0.25, 0.3) is 0 Å². The zero-order valence-electron chi connectivity index (χ0n) is 15.9. The van der Waals surface area contributed by atoms with Crippen molar-refractivity contribution in [3.8, 4) is 5.75 Å². The minimum atomic E-state index is 0.638. The Morgan fingerprint density at radius 2 is 2.15 bits per heavy atom. The average molecular weight is 359 g/mol. The Labute approximate surface area is 155 Å². The first-order valence-electron chi connectivity index (χ1n) is 8.88. The zero-order chi connectivity index (χ0) is 18.6. The quantitative estimate of drug-likeness (QED) is 0.387. The van der Waals surface area contributed by atoms with Gasteiger partial charge in [0.25, 0.3) is 0 Å². The molecule has 2 aromatic rings. The molecule has 142 valence electrons. The van der Waals surface area contributed by atoms with Gasteiger partial charge in [0.2, 0.25) is 0 Å². The van der Waals surface area contributed by atoms with Gasteiger partial charge >= 0.3 is 0 Å². The third-order valence-electron chi connectivity index (χ3n) is 3.77. The fourth-order valence-corrected chi connectivity index (χ4v) is 2.47. The molecule has 2 rings (SSSR count). The SMILES string of the molecule is CN=C(NCCCc1cnn(C)c1)Nc1cccc(OCCCOC)c1. The van der Waals surface area contributed by atoms with Crippen LogP contribution < -0.4 is 15.4 Å². The number of hydrogen-bond donors (Lipinski definition) is 2. The lowest BCUT2D eigenvalue weighted by molar-refractivity contribution is 0.172. The predicted octanol–water partition coefficient (Wildman–Crippen LogP) is 2.46. The van der Waals surface area contributed by atoms with Crippen LogP contribution in [-0.2, 0) is 18.2 Å². The van der Waals surface area contributed by atoms with Crippen LogP contribution in [0.3, 0.4) is 0 Å². The summed E-state index contributed by atoms with van der Waals surface area (Å²) in [5.74, 6) is 1.57. The number of methoxy groups -OCH3 is 1. The normalized spacial score (nSPS) is 11.4. The summed E-state index contributed by atoms with van der Waals surface area (Å²) in [5, 5.41) is 10.8. The highest BCUT2D eigenvalue weighted by Crippen LogP contribution is 2.17. The second-order valence-corrected chi connectivity index (χ2v) is 5.97. The van der Waals surface area contributed by atoms with Crippen LogP contribution in [0.5, 0.6) is 5.75 Å². The molecule has 26 heavy (non-hydrogen) atoms. The molecule has 0 saturated heterocycles. The Morgan fingerprint density at radius 1 is 1.27 bits per heavy atom. The van der Waals surface area contributed by atoms with Gasteiger partial charge in [-0.05, 0) is 30.5 Å². The summed E-state index contributed by atoms with van der Waals surface area (Å²) >= 11 is 0. The van der Waals surface area contributed by atoms with Gasteiger partial charge in [-0.25, -0.2) is 0 Å². The van der Waals surface area contributed by atoms with Gasteiger partial charge in [0, 0.05) is 58.7 Å². The standard InChI is InChI=1S/C19H29N5O2/c1-20-19(21-10-5-7-16-14-22-24(2)15-16)23-17-8-4-9-18(13-17)26-12-6-11-25-3/h4,8-9,13-15H,5-7,10-12H2,1-3H3,(H2,20,21,23). The third kappa shape index (κ3) is 7.14. The number of nitrogens with one attached hydrogen (secondary N) is 2. The highest BCUT2D eigenvalue weighted by Gasteiger charge is 2.02. The van der Waals surface area contributed by atoms with Crippen molar-refractivity contribution in [1.82, 2.24) is 15.1 Å². The van der Waals surface area contributed by atoms with E-state index in [0.29, 0.717) is 13.2 Å². The van der Waals surface area contributed by atoms with Crippen LogP contribution >= 0.6 is 0 Å². The molecule has 0 aliphatic rings. The maximum atomic E-state index is 5.73. The molecule has 7 nitrogen and oxygen atoms in total. The van der Waals surface area contributed by atoms with E-state index in [1.165, 1.54) is 5.56 Å². The van der Waals surface area contributed by atoms with Crippen LogP contribution in [-0.4, -0.2) is 49.7 Å². The van der Waals surface area contributed by atoms with Crippen LogP contribution in [0.1, 0.15) is 18.4 Å². The second-order valence-electron chi connectivity index (χ2n) is 5.97. The third-order valence-corrected chi connectivity index (χ3v) is 3.77. The summed E-state index contributed by atoms with van der Waals surface area (Å²) in [5.41, 5.74) is 2.19. The highest BCUT2D eigenvalue weighted by atomic mass is 16.5. The maximum Gasteiger partial charge on any atom is 0.195 e. The van der Waals surface area contributed by atoms with Crippen molar-refractivity contribution in [3.05, 3.63) is 42.2 Å². The number of hydrogen-bond acceptors (Lipinski definition) is 4. The van der Waals surface area contributed by atoms with Crippen molar-refractivity contribution in [1.29, 1.82) is 0 Å². The highest BCUT2D eigenvalue weighted by molar-refractivity contribution is 5.93. The summed E-state index contributed by atoms with van der Waals surface area (Å²) in [6.07, 6.45) is 6.82. The van der Waals surface area contributed by atoms with E-state index in [-0.39, 0.29) is 0 Å². The van der Waals surface area contributed by atoms with Gasteiger partial charge in [0.15, 0.2) is 5.96 Å². The van der Waals surface area contributed by atoms with Crippen LogP contribution in [0.2, 0.25) is 0 Å². The van der Waals surface area contributed by atoms with E-state index in [0.717, 1.165) is 43.2 Å². The molecule has 0 fully saturated rings. The molecule has 0 saturated carbocycles. The summed E-state index contributed by atoms with van der Waals surface area (Å²) in [6, 6.07) is 7.87. The molecular formula is C19H29N5O2. The number of nitrogens with zero attached hydrogens (tertiary/aromatic N) is 3. The number of aliphatic imine (C=N–C) groups is 1. The molecule has 7 heteroatoms. The Hall–Kier alpha value is -2.54. The number of aryl methyl sites for hydroxylation is 2.